The zero-order valence-electron chi connectivity index (χ0n) is 10.1. The smallest absolute Gasteiger partial charge is 0.328 e. The number of amides is 2. The summed E-state index contributed by atoms with van der Waals surface area (Å²) in [5, 5.41) is 14.1. The Labute approximate surface area is 128 Å². The van der Waals surface area contributed by atoms with Crippen molar-refractivity contribution >= 4 is 56.8 Å². The Balaban J connectivity index is 2.84. The average molecular weight is 370 g/mol. The molecule has 0 spiro atoms. The van der Waals surface area contributed by atoms with Gasteiger partial charge in [0, 0.05) is 4.47 Å². The van der Waals surface area contributed by atoms with Gasteiger partial charge in [-0.05, 0) is 41.9 Å². The number of urea groups is 1. The van der Waals surface area contributed by atoms with Crippen LogP contribution < -0.4 is 10.6 Å². The normalized spacial score (nSPS) is 11.0. The van der Waals surface area contributed by atoms with E-state index in [1.54, 1.807) is 12.1 Å². The van der Waals surface area contributed by atoms with Crippen molar-refractivity contribution in [1.29, 1.82) is 0 Å². The number of anilines is 1. The predicted octanol–water partition coefficient (Wildman–Crippen LogP) is 3.74. The van der Waals surface area contributed by atoms with Crippen LogP contribution in [0.25, 0.3) is 0 Å². The summed E-state index contributed by atoms with van der Waals surface area (Å²) >= 11 is 15.1. The molecule has 0 aliphatic heterocycles. The molecule has 0 bridgehead atoms. The van der Waals surface area contributed by atoms with Crippen LogP contribution in [0.1, 0.15) is 13.8 Å². The minimum Gasteiger partial charge on any atom is -0.480 e. The van der Waals surface area contributed by atoms with E-state index in [0.717, 1.165) is 0 Å². The van der Waals surface area contributed by atoms with Crippen molar-refractivity contribution in [1.82, 2.24) is 5.32 Å². The van der Waals surface area contributed by atoms with Gasteiger partial charge in [-0.15, -0.1) is 0 Å². The molecule has 104 valence electrons. The molecule has 0 saturated heterocycles. The van der Waals surface area contributed by atoms with E-state index in [1.807, 2.05) is 0 Å². The van der Waals surface area contributed by atoms with E-state index < -0.39 is 17.5 Å². The summed E-state index contributed by atoms with van der Waals surface area (Å²) in [7, 11) is 0. The summed E-state index contributed by atoms with van der Waals surface area (Å²) in [4.78, 5) is 22.6. The zero-order chi connectivity index (χ0) is 14.8. The lowest BCUT2D eigenvalue weighted by atomic mass is 10.1. The molecule has 0 fully saturated rings. The Kier molecular flexibility index (Phi) is 5.06. The number of carbonyl (C=O) groups excluding carboxylic acids is 1. The van der Waals surface area contributed by atoms with Gasteiger partial charge in [0.2, 0.25) is 0 Å². The maximum Gasteiger partial charge on any atom is 0.328 e. The van der Waals surface area contributed by atoms with Gasteiger partial charge in [-0.25, -0.2) is 9.59 Å². The molecule has 0 aromatic heterocycles. The number of rotatable bonds is 3. The van der Waals surface area contributed by atoms with E-state index in [1.165, 1.54) is 13.8 Å². The number of benzene rings is 1. The molecule has 0 heterocycles. The highest BCUT2D eigenvalue weighted by molar-refractivity contribution is 9.10. The van der Waals surface area contributed by atoms with Crippen LogP contribution in [0.15, 0.2) is 16.6 Å². The molecule has 5 nitrogen and oxygen atoms in total. The number of hydrogen-bond donors (Lipinski definition) is 3. The largest absolute Gasteiger partial charge is 0.480 e. The fourth-order valence-electron chi connectivity index (χ4n) is 1.11. The molecular weight excluding hydrogens is 359 g/mol. The van der Waals surface area contributed by atoms with Crippen LogP contribution in [0.5, 0.6) is 0 Å². The third-order valence-electron chi connectivity index (χ3n) is 2.24. The molecule has 1 aromatic rings. The number of hydrogen-bond acceptors (Lipinski definition) is 2. The molecule has 0 saturated carbocycles. The molecule has 3 N–H and O–H groups in total. The fraction of sp³-hybridized carbons (Fsp3) is 0.273. The van der Waals surface area contributed by atoms with Crippen molar-refractivity contribution in [2.45, 2.75) is 19.4 Å². The predicted molar refractivity (Wildman–Crippen MR) is 78.0 cm³/mol. The van der Waals surface area contributed by atoms with Crippen LogP contribution in [0, 0.1) is 0 Å². The Hall–Kier alpha value is -0.980. The monoisotopic (exact) mass is 368 g/mol. The van der Waals surface area contributed by atoms with E-state index in [-0.39, 0.29) is 15.7 Å². The lowest BCUT2D eigenvalue weighted by Crippen LogP contribution is -2.51. The third-order valence-corrected chi connectivity index (χ3v) is 4.02. The Morgan fingerprint density at radius 3 is 2.37 bits per heavy atom. The van der Waals surface area contributed by atoms with Gasteiger partial charge in [-0.3, -0.25) is 0 Å². The fourth-order valence-corrected chi connectivity index (χ4v) is 1.93. The van der Waals surface area contributed by atoms with Crippen LogP contribution in [0.4, 0.5) is 10.5 Å². The molecule has 0 aliphatic rings. The van der Waals surface area contributed by atoms with Crippen LogP contribution >= 0.6 is 39.1 Å². The van der Waals surface area contributed by atoms with Crippen molar-refractivity contribution < 1.29 is 14.7 Å². The number of carboxylic acids is 1. The van der Waals surface area contributed by atoms with Crippen LogP contribution in [-0.2, 0) is 4.79 Å². The lowest BCUT2D eigenvalue weighted by Gasteiger charge is -2.21. The zero-order valence-corrected chi connectivity index (χ0v) is 13.2. The molecule has 19 heavy (non-hydrogen) atoms. The first kappa shape index (κ1) is 16.1. The standard InChI is InChI=1S/C11H11BrCl2N2O3/c1-11(2,9(17)18)16-10(19)15-6-4-3-5(12)7(13)8(6)14/h3-4H,1-2H3,(H,17,18)(H2,15,16,19). The molecule has 0 atom stereocenters. The van der Waals surface area contributed by atoms with E-state index in [4.69, 9.17) is 28.3 Å². The minimum absolute atomic E-state index is 0.166. The lowest BCUT2D eigenvalue weighted by molar-refractivity contribution is -0.142. The second kappa shape index (κ2) is 5.98. The average Bonchev–Trinajstić information content (AvgIpc) is 2.29. The maximum absolute atomic E-state index is 11.7. The van der Waals surface area contributed by atoms with E-state index in [9.17, 15) is 9.59 Å². The first-order valence-corrected chi connectivity index (χ1v) is 6.66. The summed E-state index contributed by atoms with van der Waals surface area (Å²) in [5.74, 6) is -1.15. The summed E-state index contributed by atoms with van der Waals surface area (Å²) in [6, 6.07) is 2.48. The summed E-state index contributed by atoms with van der Waals surface area (Å²) < 4.78 is 0.594. The van der Waals surface area contributed by atoms with Gasteiger partial charge >= 0.3 is 12.0 Å². The van der Waals surface area contributed by atoms with Gasteiger partial charge in [0.25, 0.3) is 0 Å². The number of nitrogens with one attached hydrogen (secondary N) is 2. The quantitative estimate of drug-likeness (QED) is 0.710. The summed E-state index contributed by atoms with van der Waals surface area (Å²) in [5.41, 5.74) is -1.11. The highest BCUT2D eigenvalue weighted by atomic mass is 79.9. The Morgan fingerprint density at radius 2 is 1.84 bits per heavy atom. The van der Waals surface area contributed by atoms with Crippen molar-refractivity contribution in [3.05, 3.63) is 26.7 Å². The third kappa shape index (κ3) is 3.99. The van der Waals surface area contributed by atoms with Gasteiger partial charge in [0.1, 0.15) is 5.54 Å². The number of carboxylic acid groups (broad SMARTS) is 1. The van der Waals surface area contributed by atoms with Gasteiger partial charge in [-0.1, -0.05) is 23.2 Å². The van der Waals surface area contributed by atoms with Gasteiger partial charge in [-0.2, -0.15) is 0 Å². The number of halogens is 3. The highest BCUT2D eigenvalue weighted by Crippen LogP contribution is 2.35. The second-order valence-electron chi connectivity index (χ2n) is 4.23. The Bertz CT molecular complexity index is 535. The van der Waals surface area contributed by atoms with Crippen molar-refractivity contribution in [3.8, 4) is 0 Å². The van der Waals surface area contributed by atoms with Crippen LogP contribution in [-0.4, -0.2) is 22.6 Å². The van der Waals surface area contributed by atoms with Gasteiger partial charge in [0.05, 0.1) is 15.7 Å². The summed E-state index contributed by atoms with van der Waals surface area (Å²) in [6.07, 6.45) is 0. The summed E-state index contributed by atoms with van der Waals surface area (Å²) in [6.45, 7) is 2.73. The first-order chi connectivity index (χ1) is 8.65. The van der Waals surface area contributed by atoms with Crippen molar-refractivity contribution in [3.63, 3.8) is 0 Å². The molecule has 2 amide bonds. The van der Waals surface area contributed by atoms with Crippen LogP contribution in [0.2, 0.25) is 10.0 Å². The maximum atomic E-state index is 11.7. The highest BCUT2D eigenvalue weighted by Gasteiger charge is 2.29. The minimum atomic E-state index is -1.39. The van der Waals surface area contributed by atoms with E-state index in [0.29, 0.717) is 4.47 Å². The molecule has 0 radical (unpaired) electrons. The van der Waals surface area contributed by atoms with E-state index in [2.05, 4.69) is 26.6 Å². The molecular formula is C11H11BrCl2N2O3. The van der Waals surface area contributed by atoms with E-state index >= 15 is 0 Å². The van der Waals surface area contributed by atoms with Crippen LogP contribution in [0.3, 0.4) is 0 Å². The SMILES string of the molecule is CC(C)(NC(=O)Nc1ccc(Br)c(Cl)c1Cl)C(=O)O. The Morgan fingerprint density at radius 1 is 1.26 bits per heavy atom. The van der Waals surface area contributed by atoms with Crippen molar-refractivity contribution in [2.24, 2.45) is 0 Å². The van der Waals surface area contributed by atoms with Gasteiger partial charge < -0.3 is 15.7 Å². The number of aliphatic carboxylic acids is 1. The van der Waals surface area contributed by atoms with Crippen molar-refractivity contribution in [2.75, 3.05) is 5.32 Å². The molecule has 0 aliphatic carbocycles. The molecule has 1 rings (SSSR count). The first-order valence-electron chi connectivity index (χ1n) is 5.11. The molecule has 8 heteroatoms. The number of carbonyl (C=O) groups is 2. The van der Waals surface area contributed by atoms with Gasteiger partial charge in [0.15, 0.2) is 0 Å². The molecule has 1 aromatic carbocycles. The molecule has 0 unspecified atom stereocenters. The second-order valence-corrected chi connectivity index (χ2v) is 5.84. The topological polar surface area (TPSA) is 78.4 Å².